The third-order valence-electron chi connectivity index (χ3n) is 2.78. The Morgan fingerprint density at radius 2 is 2.10 bits per heavy atom. The molecule has 2 aromatic heterocycles. The van der Waals surface area contributed by atoms with E-state index in [1.807, 2.05) is 6.92 Å². The molecule has 21 heavy (non-hydrogen) atoms. The lowest BCUT2D eigenvalue weighted by Gasteiger charge is -2.21. The summed E-state index contributed by atoms with van der Waals surface area (Å²) in [6, 6.07) is 2.74. The van der Waals surface area contributed by atoms with E-state index in [1.54, 1.807) is 33.8 Å². The molecule has 0 radical (unpaired) electrons. The van der Waals surface area contributed by atoms with Gasteiger partial charge in [0.25, 0.3) is 5.56 Å². The second-order valence-corrected chi connectivity index (χ2v) is 6.02. The summed E-state index contributed by atoms with van der Waals surface area (Å²) in [5.41, 5.74) is 1.06. The highest BCUT2D eigenvalue weighted by Gasteiger charge is 2.19. The number of amides is 1. The number of H-pyrrole nitrogens is 1. The van der Waals surface area contributed by atoms with E-state index < -0.39 is 17.7 Å². The summed E-state index contributed by atoms with van der Waals surface area (Å²) in [6.07, 6.45) is -0.540. The minimum absolute atomic E-state index is 0.221. The fraction of sp³-hybridized carbons (Fsp3) is 0.500. The zero-order valence-electron chi connectivity index (χ0n) is 12.9. The Kier molecular flexibility index (Phi) is 3.76. The number of aryl methyl sites for hydroxylation is 1. The van der Waals surface area contributed by atoms with Crippen molar-refractivity contribution >= 4 is 11.7 Å². The first-order valence-corrected chi connectivity index (χ1v) is 6.74. The number of rotatable bonds is 2. The van der Waals surface area contributed by atoms with Crippen molar-refractivity contribution in [2.24, 2.45) is 0 Å². The summed E-state index contributed by atoms with van der Waals surface area (Å²) >= 11 is 0. The highest BCUT2D eigenvalue weighted by atomic mass is 16.6. The fourth-order valence-electron chi connectivity index (χ4n) is 1.91. The number of carbonyl (C=O) groups excluding carboxylic acids is 1. The SMILES string of the molecule is Cc1cc2nc(C(C)NC(=O)OC(C)(C)C)cc(=O)n2[nH]1. The molecular weight excluding hydrogens is 272 g/mol. The molecule has 114 valence electrons. The monoisotopic (exact) mass is 292 g/mol. The van der Waals surface area contributed by atoms with Crippen LogP contribution in [-0.2, 0) is 4.74 Å². The lowest BCUT2D eigenvalue weighted by Crippen LogP contribution is -2.34. The van der Waals surface area contributed by atoms with Crippen LogP contribution >= 0.6 is 0 Å². The van der Waals surface area contributed by atoms with Gasteiger partial charge in [0.05, 0.1) is 11.7 Å². The summed E-state index contributed by atoms with van der Waals surface area (Å²) in [5, 5.41) is 5.56. The first-order valence-electron chi connectivity index (χ1n) is 6.74. The number of nitrogens with one attached hydrogen (secondary N) is 2. The topological polar surface area (TPSA) is 88.5 Å². The Balaban J connectivity index is 2.21. The quantitative estimate of drug-likeness (QED) is 0.885. The highest BCUT2D eigenvalue weighted by Crippen LogP contribution is 2.12. The van der Waals surface area contributed by atoms with Gasteiger partial charge in [-0.05, 0) is 34.6 Å². The molecule has 0 bridgehead atoms. The molecule has 0 aliphatic rings. The lowest BCUT2D eigenvalue weighted by atomic mass is 10.2. The molecule has 7 heteroatoms. The Morgan fingerprint density at radius 1 is 1.43 bits per heavy atom. The van der Waals surface area contributed by atoms with Crippen molar-refractivity contribution in [1.82, 2.24) is 19.9 Å². The molecule has 2 heterocycles. The molecular formula is C14H20N4O3. The standard InChI is InChI=1S/C14H20N4O3/c1-8-6-11-16-10(7-12(19)18(11)17-8)9(2)15-13(20)21-14(3,4)5/h6-7,9,17H,1-5H3,(H,15,20). The summed E-state index contributed by atoms with van der Waals surface area (Å²) < 4.78 is 6.54. The van der Waals surface area contributed by atoms with E-state index in [0.717, 1.165) is 5.69 Å². The maximum absolute atomic E-state index is 12.0. The summed E-state index contributed by atoms with van der Waals surface area (Å²) in [7, 11) is 0. The average molecular weight is 292 g/mol. The molecule has 0 aliphatic carbocycles. The maximum atomic E-state index is 12.0. The fourth-order valence-corrected chi connectivity index (χ4v) is 1.91. The number of ether oxygens (including phenoxy) is 1. The maximum Gasteiger partial charge on any atom is 0.408 e. The van der Waals surface area contributed by atoms with Crippen LogP contribution in [0.5, 0.6) is 0 Å². The number of carbonyl (C=O) groups is 1. The number of alkyl carbamates (subject to hydrolysis) is 1. The minimum atomic E-state index is -0.571. The third kappa shape index (κ3) is 3.62. The van der Waals surface area contributed by atoms with E-state index in [-0.39, 0.29) is 5.56 Å². The van der Waals surface area contributed by atoms with Crippen LogP contribution in [0.4, 0.5) is 4.79 Å². The molecule has 7 nitrogen and oxygen atoms in total. The Bertz CT molecular complexity index is 724. The van der Waals surface area contributed by atoms with Crippen molar-refractivity contribution in [3.63, 3.8) is 0 Å². The van der Waals surface area contributed by atoms with Crippen molar-refractivity contribution in [3.8, 4) is 0 Å². The molecule has 1 unspecified atom stereocenters. The van der Waals surface area contributed by atoms with Gasteiger partial charge in [-0.25, -0.2) is 14.3 Å². The Labute approximate surface area is 122 Å². The predicted octanol–water partition coefficient (Wildman–Crippen LogP) is 1.92. The van der Waals surface area contributed by atoms with E-state index in [4.69, 9.17) is 4.74 Å². The molecule has 0 fully saturated rings. The zero-order valence-corrected chi connectivity index (χ0v) is 12.9. The van der Waals surface area contributed by atoms with Gasteiger partial charge in [0, 0.05) is 17.8 Å². The van der Waals surface area contributed by atoms with Crippen LogP contribution < -0.4 is 10.9 Å². The minimum Gasteiger partial charge on any atom is -0.444 e. The molecule has 1 amide bonds. The largest absolute Gasteiger partial charge is 0.444 e. The van der Waals surface area contributed by atoms with Crippen LogP contribution in [0.2, 0.25) is 0 Å². The van der Waals surface area contributed by atoms with Gasteiger partial charge in [-0.1, -0.05) is 0 Å². The van der Waals surface area contributed by atoms with E-state index in [0.29, 0.717) is 11.3 Å². The number of hydrogen-bond acceptors (Lipinski definition) is 4. The highest BCUT2D eigenvalue weighted by molar-refractivity contribution is 5.68. The van der Waals surface area contributed by atoms with Crippen molar-refractivity contribution in [2.75, 3.05) is 0 Å². The number of hydrogen-bond donors (Lipinski definition) is 2. The van der Waals surface area contributed by atoms with Crippen LogP contribution in [0.15, 0.2) is 16.9 Å². The normalized spacial score (nSPS) is 13.2. The number of aromatic nitrogens is 3. The average Bonchev–Trinajstić information content (AvgIpc) is 2.67. The first-order chi connectivity index (χ1) is 9.65. The van der Waals surface area contributed by atoms with Gasteiger partial charge in [-0.2, -0.15) is 0 Å². The lowest BCUT2D eigenvalue weighted by molar-refractivity contribution is 0.0507. The summed E-state index contributed by atoms with van der Waals surface area (Å²) in [4.78, 5) is 28.1. The van der Waals surface area contributed by atoms with E-state index in [9.17, 15) is 9.59 Å². The van der Waals surface area contributed by atoms with Crippen LogP contribution in [0.3, 0.4) is 0 Å². The van der Waals surface area contributed by atoms with Gasteiger partial charge in [0.15, 0.2) is 5.65 Å². The molecule has 0 spiro atoms. The number of fused-ring (bicyclic) bond motifs is 1. The second kappa shape index (κ2) is 5.23. The third-order valence-corrected chi connectivity index (χ3v) is 2.78. The zero-order chi connectivity index (χ0) is 15.8. The number of nitrogens with zero attached hydrogens (tertiary/aromatic N) is 2. The number of aromatic amines is 1. The molecule has 0 saturated heterocycles. The molecule has 0 aromatic carbocycles. The first kappa shape index (κ1) is 15.1. The Hall–Kier alpha value is -2.31. The summed E-state index contributed by atoms with van der Waals surface area (Å²) in [6.45, 7) is 8.96. The van der Waals surface area contributed by atoms with Gasteiger partial charge >= 0.3 is 6.09 Å². The van der Waals surface area contributed by atoms with Crippen molar-refractivity contribution in [1.29, 1.82) is 0 Å². The van der Waals surface area contributed by atoms with Crippen molar-refractivity contribution in [2.45, 2.75) is 46.3 Å². The van der Waals surface area contributed by atoms with Crippen LogP contribution in [0, 0.1) is 6.92 Å². The second-order valence-electron chi connectivity index (χ2n) is 6.02. The van der Waals surface area contributed by atoms with E-state index in [2.05, 4.69) is 15.4 Å². The van der Waals surface area contributed by atoms with Gasteiger partial charge in [0.1, 0.15) is 5.60 Å². The Morgan fingerprint density at radius 3 is 2.71 bits per heavy atom. The van der Waals surface area contributed by atoms with E-state index in [1.165, 1.54) is 10.6 Å². The molecule has 2 rings (SSSR count). The van der Waals surface area contributed by atoms with Crippen LogP contribution in [-0.4, -0.2) is 26.3 Å². The molecule has 0 aliphatic heterocycles. The van der Waals surface area contributed by atoms with Gasteiger partial charge in [-0.15, -0.1) is 0 Å². The van der Waals surface area contributed by atoms with E-state index >= 15 is 0 Å². The van der Waals surface area contributed by atoms with Crippen molar-refractivity contribution in [3.05, 3.63) is 33.9 Å². The smallest absolute Gasteiger partial charge is 0.408 e. The molecule has 2 aromatic rings. The van der Waals surface area contributed by atoms with Gasteiger partial charge < -0.3 is 10.1 Å². The van der Waals surface area contributed by atoms with Gasteiger partial charge in [-0.3, -0.25) is 9.89 Å². The molecule has 1 atom stereocenters. The van der Waals surface area contributed by atoms with Crippen LogP contribution in [0.25, 0.3) is 5.65 Å². The molecule has 0 saturated carbocycles. The predicted molar refractivity (Wildman–Crippen MR) is 78.3 cm³/mol. The van der Waals surface area contributed by atoms with Gasteiger partial charge in [0.2, 0.25) is 0 Å². The van der Waals surface area contributed by atoms with Crippen molar-refractivity contribution < 1.29 is 9.53 Å². The summed E-state index contributed by atoms with van der Waals surface area (Å²) in [5.74, 6) is 0. The molecule has 2 N–H and O–H groups in total. The van der Waals surface area contributed by atoms with Crippen LogP contribution in [0.1, 0.15) is 45.1 Å².